The van der Waals surface area contributed by atoms with Crippen LogP contribution in [0.4, 0.5) is 19.4 Å². The normalized spacial score (nSPS) is 11.7. The molecule has 1 aromatic heterocycles. The minimum atomic E-state index is -1.04. The van der Waals surface area contributed by atoms with Crippen LogP contribution in [0, 0.1) is 29.5 Å². The Kier molecular flexibility index (Phi) is 36.7. The Morgan fingerprint density at radius 1 is 1.03 bits per heavy atom. The number of hydrogen-bond acceptors (Lipinski definition) is 13. The fourth-order valence-electron chi connectivity index (χ4n) is 4.69. The van der Waals surface area contributed by atoms with Crippen LogP contribution in [-0.2, 0) is 35.1 Å². The summed E-state index contributed by atoms with van der Waals surface area (Å²) in [4.78, 5) is 50.1. The Bertz CT molecular complexity index is 1990. The number of aliphatic carboxylic acids is 2. The zero-order valence-corrected chi connectivity index (χ0v) is 39.5. The number of nitrogens with two attached hydrogens (primary N) is 1. The molecule has 2 aromatic carbocycles. The van der Waals surface area contributed by atoms with Crippen molar-refractivity contribution in [1.29, 1.82) is 0 Å². The summed E-state index contributed by atoms with van der Waals surface area (Å²) >= 11 is 6.03. The van der Waals surface area contributed by atoms with Crippen molar-refractivity contribution >= 4 is 99.8 Å². The number of carboxylic acid groups (broad SMARTS) is 2. The maximum Gasteiger partial charge on any atom is -0.197 e. The molecule has 3 rings (SSSR count). The summed E-state index contributed by atoms with van der Waals surface area (Å²) < 4.78 is 46.6. The number of carbonyl (C=O) groups excluding carboxylic acids is 2. The van der Waals surface area contributed by atoms with Crippen molar-refractivity contribution in [3.05, 3.63) is 96.2 Å². The number of carboxylic acids is 2. The maximum absolute atomic E-state index is 13.7. The first-order valence-electron chi connectivity index (χ1n) is 18.3. The molecule has 0 fully saturated rings. The van der Waals surface area contributed by atoms with Crippen LogP contribution >= 0.6 is 52.1 Å². The van der Waals surface area contributed by atoms with Gasteiger partial charge in [0.2, 0.25) is 0 Å². The van der Waals surface area contributed by atoms with Crippen molar-refractivity contribution in [3.63, 3.8) is 0 Å². The number of fused-ring (bicyclic) bond motifs is 1. The number of hydrogen-bond donors (Lipinski definition) is 7. The van der Waals surface area contributed by atoms with E-state index in [2.05, 4.69) is 23.5 Å². The van der Waals surface area contributed by atoms with E-state index < -0.39 is 71.9 Å². The Morgan fingerprint density at radius 3 is 2.14 bits per heavy atom. The standard InChI is InChI=1S/C23H24ClF2N3O4.C11H18O4.C5H9NO2.C2HBO2.3H2S/c1-29(11-15-3-2-4-20(26)22(15)24)18(9-19(31)12-30)13-33-23(32)28-21-8-16-7-17(25)6-5-14(16)10-27-21;1-5-6-8(10(13)14)7-9(12)15-11(2,3)4;1-2-3-4(6)5(7)8;4-2-1-3-5;;;/h2-8,10,18-19,30-31H,9,11-13H2,1H3,(H,27,28,32);5,8H,1,6-7H2,2-4H3,(H,13,14);2,4H,1,3,6H2,(H,7,8);4H;3*1H2/t18-,19?;8-;4-;;;;/m010..../s1. The number of nitrogens with zero attached hydrogens (tertiary/aromatic N) is 2. The smallest absolute Gasteiger partial charge is 0.197 e. The summed E-state index contributed by atoms with van der Waals surface area (Å²) in [6, 6.07) is 8.91. The van der Waals surface area contributed by atoms with Crippen molar-refractivity contribution in [3.8, 4) is 11.9 Å². The molecule has 8 N–H and O–H groups in total. The summed E-state index contributed by atoms with van der Waals surface area (Å²) in [5, 5.41) is 47.3. The zero-order chi connectivity index (χ0) is 46.7. The Balaban J connectivity index is -0.000000482. The molecule has 0 aliphatic heterocycles. The van der Waals surface area contributed by atoms with Crippen LogP contribution in [0.25, 0.3) is 10.8 Å². The Labute approximate surface area is 397 Å². The number of halogens is 3. The van der Waals surface area contributed by atoms with Gasteiger partial charge in [0.05, 0.1) is 30.1 Å². The van der Waals surface area contributed by atoms with E-state index in [-0.39, 0.29) is 83.7 Å². The van der Waals surface area contributed by atoms with Crippen LogP contribution in [0.1, 0.15) is 52.0 Å². The first-order valence-corrected chi connectivity index (χ1v) is 18.6. The number of aliphatic hydroxyl groups excluding tert-OH is 3. The number of ether oxygens (including phenoxy) is 2. The van der Waals surface area contributed by atoms with Gasteiger partial charge in [-0.05, 0) is 88.4 Å². The summed E-state index contributed by atoms with van der Waals surface area (Å²) in [7, 11) is 2.02. The van der Waals surface area contributed by atoms with E-state index in [1.165, 1.54) is 54.8 Å². The molecule has 0 radical (unpaired) electrons. The molecule has 0 aliphatic rings. The summed E-state index contributed by atoms with van der Waals surface area (Å²) in [5.74, 6) is -2.24. The number of aliphatic hydroxyl groups is 3. The molecule has 1 amide bonds. The zero-order valence-electron chi connectivity index (χ0n) is 35.7. The number of carbonyl (C=O) groups is 4. The van der Waals surface area contributed by atoms with E-state index in [1.807, 2.05) is 0 Å². The van der Waals surface area contributed by atoms with E-state index in [1.54, 1.807) is 50.7 Å². The molecule has 1 unspecified atom stereocenters. The van der Waals surface area contributed by atoms with Gasteiger partial charge >= 0.3 is 52.9 Å². The maximum atomic E-state index is 13.7. The van der Waals surface area contributed by atoms with Crippen molar-refractivity contribution in [1.82, 2.24) is 9.88 Å². The number of amides is 1. The van der Waals surface area contributed by atoms with Gasteiger partial charge in [0.1, 0.15) is 35.7 Å². The molecule has 0 spiro atoms. The number of likely N-dealkylation sites (N-methyl/N-ethyl adjacent to an activating group) is 1. The van der Waals surface area contributed by atoms with Gasteiger partial charge in [-0.2, -0.15) is 40.5 Å². The predicted molar refractivity (Wildman–Crippen MR) is 255 cm³/mol. The van der Waals surface area contributed by atoms with Gasteiger partial charge < -0.3 is 35.6 Å². The van der Waals surface area contributed by atoms with E-state index in [9.17, 15) is 38.2 Å². The van der Waals surface area contributed by atoms with Gasteiger partial charge in [-0.15, -0.1) is 13.2 Å². The van der Waals surface area contributed by atoms with Crippen LogP contribution in [-0.4, -0.2) is 111 Å². The molecule has 23 heteroatoms. The van der Waals surface area contributed by atoms with Crippen molar-refractivity contribution in [2.45, 2.75) is 76.8 Å². The molecular formula is C41H58BClF2N4O12S3. The third-order valence-electron chi connectivity index (χ3n) is 7.65. The van der Waals surface area contributed by atoms with Crippen LogP contribution in [0.15, 0.2) is 74.0 Å². The number of aromatic nitrogens is 1. The van der Waals surface area contributed by atoms with Gasteiger partial charge in [0.25, 0.3) is 0 Å². The van der Waals surface area contributed by atoms with E-state index in [0.29, 0.717) is 29.9 Å². The van der Waals surface area contributed by atoms with Gasteiger partial charge in [-0.3, -0.25) is 24.6 Å². The largest absolute Gasteiger partial charge is 0.197 e. The van der Waals surface area contributed by atoms with Gasteiger partial charge in [0, 0.05) is 24.2 Å². The van der Waals surface area contributed by atoms with E-state index in [0.717, 1.165) is 0 Å². The number of allylic oxidation sites excluding steroid dienone is 1. The fraction of sp³-hybridized carbons (Fsp3) is 0.390. The molecule has 0 saturated heterocycles. The second-order valence-corrected chi connectivity index (χ2v) is 14.2. The molecule has 0 bridgehead atoms. The van der Waals surface area contributed by atoms with E-state index >= 15 is 0 Å². The van der Waals surface area contributed by atoms with Gasteiger partial charge in [0.15, 0.2) is 0 Å². The fourth-order valence-corrected chi connectivity index (χ4v) is 4.87. The van der Waals surface area contributed by atoms with Gasteiger partial charge in [-0.1, -0.05) is 35.9 Å². The van der Waals surface area contributed by atoms with Crippen molar-refractivity contribution < 1.29 is 67.7 Å². The number of anilines is 1. The molecule has 3 aromatic rings. The molecule has 0 aliphatic carbocycles. The molecule has 16 nitrogen and oxygen atoms in total. The number of rotatable bonds is 17. The predicted octanol–water partition coefficient (Wildman–Crippen LogP) is 5.59. The topological polar surface area (TPSA) is 259 Å². The van der Waals surface area contributed by atoms with Gasteiger partial charge in [-0.25, -0.2) is 18.6 Å². The minimum absolute atomic E-state index is 0. The number of esters is 1. The summed E-state index contributed by atoms with van der Waals surface area (Å²) in [5.41, 5.74) is 5.01. The molecular weight excluding hydrogens is 921 g/mol. The van der Waals surface area contributed by atoms with Crippen LogP contribution < -0.4 is 11.1 Å². The average molecular weight is 979 g/mol. The SMILES string of the molecule is C=CC[C@H](CC(=O)OC(C)(C)C)C(=O)O.C=CC[C@H](N)C(=O)O.CN(Cc1cccc(F)c1Cl)[C@H](COC(=O)Nc1cc2cc(F)ccc2cn1)CC(O)CO.O=BC#CO.S.S.S. The molecule has 356 valence electrons. The number of pyridine rings is 1. The Hall–Kier alpha value is -4.73. The average Bonchev–Trinajstić information content (AvgIpc) is 3.18. The number of benzene rings is 2. The van der Waals surface area contributed by atoms with Crippen LogP contribution in [0.2, 0.25) is 5.02 Å². The quantitative estimate of drug-likeness (QED) is 0.0376. The third-order valence-corrected chi connectivity index (χ3v) is 8.07. The molecule has 0 saturated carbocycles. The first kappa shape index (κ1) is 65.9. The van der Waals surface area contributed by atoms with Crippen LogP contribution in [0.3, 0.4) is 0 Å². The minimum Gasteiger partial charge on any atom is -0.197 e. The molecule has 4 atom stereocenters. The van der Waals surface area contributed by atoms with Crippen LogP contribution in [0.5, 0.6) is 0 Å². The van der Waals surface area contributed by atoms with Crippen molar-refractivity contribution in [2.75, 3.05) is 25.6 Å². The first-order chi connectivity index (χ1) is 28.6. The molecule has 64 heavy (non-hydrogen) atoms. The van der Waals surface area contributed by atoms with E-state index in [4.69, 9.17) is 46.8 Å². The second-order valence-electron chi connectivity index (χ2n) is 13.8. The Morgan fingerprint density at radius 2 is 1.66 bits per heavy atom. The summed E-state index contributed by atoms with van der Waals surface area (Å²) in [6.07, 6.45) is 4.63. The second kappa shape index (κ2) is 35.6. The third kappa shape index (κ3) is 28.9. The van der Waals surface area contributed by atoms with Crippen molar-refractivity contribution in [2.24, 2.45) is 11.7 Å². The monoisotopic (exact) mass is 978 g/mol. The summed E-state index contributed by atoms with van der Waals surface area (Å²) in [6.45, 7) is 11.7. The molecule has 1 heterocycles. The number of nitrogens with one attached hydrogen (secondary N) is 1.